The molecule has 7 heteroatoms. The van der Waals surface area contributed by atoms with Gasteiger partial charge in [0.05, 0.1) is 28.4 Å². The van der Waals surface area contributed by atoms with Crippen LogP contribution in [0.3, 0.4) is 0 Å². The summed E-state index contributed by atoms with van der Waals surface area (Å²) in [4.78, 5) is 22.1. The lowest BCUT2D eigenvalue weighted by Gasteiger charge is -2.27. The lowest BCUT2D eigenvalue weighted by molar-refractivity contribution is -0.120. The standard InChI is InChI=1S/C22H21N5OS/c1-14(2)22(3,13-23)26-19(28)12-29-21-25-16-9-5-4-8-15(16)20-24-17-10-6-7-11-18(17)27(20)21/h4-11,14H,12H2,1-3H3,(H,26,28)/t22-/m1/s1. The second kappa shape index (κ2) is 7.37. The molecule has 0 fully saturated rings. The summed E-state index contributed by atoms with van der Waals surface area (Å²) in [5, 5.41) is 14.0. The molecule has 1 N–H and O–H groups in total. The number of nitrogens with one attached hydrogen (secondary N) is 1. The van der Waals surface area contributed by atoms with Crippen LogP contribution in [0.25, 0.3) is 27.6 Å². The number of imidazole rings is 1. The number of aromatic nitrogens is 3. The van der Waals surface area contributed by atoms with Gasteiger partial charge >= 0.3 is 0 Å². The molecule has 2 heterocycles. The molecule has 146 valence electrons. The van der Waals surface area contributed by atoms with Crippen molar-refractivity contribution >= 4 is 45.3 Å². The third-order valence-electron chi connectivity index (χ3n) is 5.23. The Morgan fingerprint density at radius 2 is 1.86 bits per heavy atom. The van der Waals surface area contributed by atoms with Crippen molar-refractivity contribution in [2.24, 2.45) is 5.92 Å². The molecule has 0 saturated carbocycles. The first-order chi connectivity index (χ1) is 13.9. The number of amides is 1. The number of para-hydroxylation sites is 3. The van der Waals surface area contributed by atoms with Gasteiger partial charge in [-0.05, 0) is 37.1 Å². The fourth-order valence-electron chi connectivity index (χ4n) is 3.17. The van der Waals surface area contributed by atoms with E-state index in [1.807, 2.05) is 66.8 Å². The van der Waals surface area contributed by atoms with Crippen LogP contribution in [0.1, 0.15) is 20.8 Å². The maximum absolute atomic E-state index is 12.6. The summed E-state index contributed by atoms with van der Waals surface area (Å²) >= 11 is 1.35. The number of carbonyl (C=O) groups excluding carboxylic acids is 1. The number of hydrogen-bond acceptors (Lipinski definition) is 5. The Kier molecular flexibility index (Phi) is 4.89. The fourth-order valence-corrected chi connectivity index (χ4v) is 3.98. The van der Waals surface area contributed by atoms with E-state index in [0.29, 0.717) is 5.16 Å². The Morgan fingerprint density at radius 1 is 1.17 bits per heavy atom. The van der Waals surface area contributed by atoms with Gasteiger partial charge in [0.25, 0.3) is 0 Å². The number of rotatable bonds is 5. The third kappa shape index (κ3) is 3.40. The average Bonchev–Trinajstić information content (AvgIpc) is 3.12. The lowest BCUT2D eigenvalue weighted by Crippen LogP contribution is -2.49. The minimum atomic E-state index is -0.897. The molecule has 4 aromatic rings. The van der Waals surface area contributed by atoms with Gasteiger partial charge in [-0.3, -0.25) is 9.20 Å². The van der Waals surface area contributed by atoms with Gasteiger partial charge in [-0.1, -0.05) is 49.9 Å². The van der Waals surface area contributed by atoms with Crippen molar-refractivity contribution in [3.05, 3.63) is 48.5 Å². The zero-order chi connectivity index (χ0) is 20.6. The Morgan fingerprint density at radius 3 is 2.59 bits per heavy atom. The van der Waals surface area contributed by atoms with Gasteiger partial charge < -0.3 is 5.32 Å². The quantitative estimate of drug-likeness (QED) is 0.399. The van der Waals surface area contributed by atoms with Gasteiger partial charge in [-0.25, -0.2) is 9.97 Å². The van der Waals surface area contributed by atoms with E-state index in [9.17, 15) is 10.1 Å². The van der Waals surface area contributed by atoms with E-state index < -0.39 is 5.54 Å². The van der Waals surface area contributed by atoms with Crippen LogP contribution in [0.2, 0.25) is 0 Å². The van der Waals surface area contributed by atoms with E-state index in [-0.39, 0.29) is 17.6 Å². The van der Waals surface area contributed by atoms with Gasteiger partial charge in [0.1, 0.15) is 11.2 Å². The molecule has 6 nitrogen and oxygen atoms in total. The molecule has 0 spiro atoms. The third-order valence-corrected chi connectivity index (χ3v) is 6.17. The maximum atomic E-state index is 12.6. The first kappa shape index (κ1) is 19.2. The van der Waals surface area contributed by atoms with Crippen LogP contribution >= 0.6 is 11.8 Å². The van der Waals surface area contributed by atoms with Crippen molar-refractivity contribution in [1.82, 2.24) is 19.7 Å². The molecule has 0 aliphatic heterocycles. The summed E-state index contributed by atoms with van der Waals surface area (Å²) in [6.07, 6.45) is 0. The number of carbonyl (C=O) groups is 1. The molecule has 29 heavy (non-hydrogen) atoms. The van der Waals surface area contributed by atoms with E-state index in [4.69, 9.17) is 9.97 Å². The summed E-state index contributed by atoms with van der Waals surface area (Å²) in [5.41, 5.74) is 2.60. The first-order valence-electron chi connectivity index (χ1n) is 9.44. The van der Waals surface area contributed by atoms with Crippen molar-refractivity contribution in [1.29, 1.82) is 5.26 Å². The monoisotopic (exact) mass is 403 g/mol. The molecular weight excluding hydrogens is 382 g/mol. The predicted molar refractivity (Wildman–Crippen MR) is 116 cm³/mol. The highest BCUT2D eigenvalue weighted by Gasteiger charge is 2.30. The number of fused-ring (bicyclic) bond motifs is 5. The number of nitriles is 1. The number of thioether (sulfide) groups is 1. The van der Waals surface area contributed by atoms with Gasteiger partial charge in [-0.15, -0.1) is 0 Å². The van der Waals surface area contributed by atoms with E-state index in [1.165, 1.54) is 11.8 Å². The van der Waals surface area contributed by atoms with Gasteiger partial charge in [0.2, 0.25) is 5.91 Å². The Bertz CT molecular complexity index is 1270. The van der Waals surface area contributed by atoms with Crippen molar-refractivity contribution in [2.75, 3.05) is 5.75 Å². The Labute approximate surface area is 172 Å². The molecule has 2 aromatic heterocycles. The molecule has 0 bridgehead atoms. The molecule has 0 aliphatic carbocycles. The van der Waals surface area contributed by atoms with Crippen LogP contribution < -0.4 is 5.32 Å². The first-order valence-corrected chi connectivity index (χ1v) is 10.4. The average molecular weight is 404 g/mol. The second-order valence-electron chi connectivity index (χ2n) is 7.48. The van der Waals surface area contributed by atoms with Crippen molar-refractivity contribution in [3.8, 4) is 6.07 Å². The van der Waals surface area contributed by atoms with Crippen molar-refractivity contribution < 1.29 is 4.79 Å². The zero-order valence-corrected chi connectivity index (χ0v) is 17.3. The van der Waals surface area contributed by atoms with Crippen LogP contribution in [-0.2, 0) is 4.79 Å². The predicted octanol–water partition coefficient (Wildman–Crippen LogP) is 4.18. The smallest absolute Gasteiger partial charge is 0.231 e. The normalized spacial score (nSPS) is 13.6. The molecule has 0 saturated heterocycles. The van der Waals surface area contributed by atoms with Crippen LogP contribution in [0.4, 0.5) is 0 Å². The van der Waals surface area contributed by atoms with Crippen LogP contribution in [0.15, 0.2) is 53.7 Å². The van der Waals surface area contributed by atoms with E-state index >= 15 is 0 Å². The minimum absolute atomic E-state index is 0.00421. The highest BCUT2D eigenvalue weighted by Crippen LogP contribution is 2.29. The highest BCUT2D eigenvalue weighted by molar-refractivity contribution is 7.99. The van der Waals surface area contributed by atoms with Crippen molar-refractivity contribution in [3.63, 3.8) is 0 Å². The summed E-state index contributed by atoms with van der Waals surface area (Å²) in [6.45, 7) is 5.58. The molecule has 0 aliphatic rings. The molecule has 1 atom stereocenters. The summed E-state index contributed by atoms with van der Waals surface area (Å²) in [6, 6.07) is 18.0. The van der Waals surface area contributed by atoms with E-state index in [2.05, 4.69) is 11.4 Å². The lowest BCUT2D eigenvalue weighted by atomic mass is 9.90. The molecule has 2 aromatic carbocycles. The zero-order valence-electron chi connectivity index (χ0n) is 16.5. The van der Waals surface area contributed by atoms with Crippen LogP contribution in [-0.4, -0.2) is 31.6 Å². The molecule has 0 radical (unpaired) electrons. The number of nitrogens with zero attached hydrogens (tertiary/aromatic N) is 4. The van der Waals surface area contributed by atoms with Gasteiger partial charge in [-0.2, -0.15) is 5.26 Å². The minimum Gasteiger partial charge on any atom is -0.337 e. The van der Waals surface area contributed by atoms with Crippen LogP contribution in [0.5, 0.6) is 0 Å². The Balaban J connectivity index is 1.73. The highest BCUT2D eigenvalue weighted by atomic mass is 32.2. The molecule has 4 rings (SSSR count). The van der Waals surface area contributed by atoms with Gasteiger partial charge in [0, 0.05) is 5.39 Å². The van der Waals surface area contributed by atoms with Crippen LogP contribution in [0, 0.1) is 17.2 Å². The maximum Gasteiger partial charge on any atom is 0.231 e. The van der Waals surface area contributed by atoms with E-state index in [0.717, 1.165) is 27.6 Å². The number of benzene rings is 2. The van der Waals surface area contributed by atoms with E-state index in [1.54, 1.807) is 6.92 Å². The summed E-state index contributed by atoms with van der Waals surface area (Å²) < 4.78 is 2.00. The summed E-state index contributed by atoms with van der Waals surface area (Å²) in [5.74, 6) is -0.0264. The largest absolute Gasteiger partial charge is 0.337 e. The molecule has 1 amide bonds. The van der Waals surface area contributed by atoms with Gasteiger partial charge in [0.15, 0.2) is 5.16 Å². The number of hydrogen-bond donors (Lipinski definition) is 1. The van der Waals surface area contributed by atoms with Crippen molar-refractivity contribution in [2.45, 2.75) is 31.5 Å². The molecular formula is C22H21N5OS. The topological polar surface area (TPSA) is 83.1 Å². The molecule has 0 unspecified atom stereocenters. The SMILES string of the molecule is CC(C)[C@@](C)(C#N)NC(=O)CSc1nc2ccccc2c2nc3ccccc3n12. The second-order valence-corrected chi connectivity index (χ2v) is 8.42. The summed E-state index contributed by atoms with van der Waals surface area (Å²) in [7, 11) is 0. The fraction of sp³-hybridized carbons (Fsp3) is 0.273. The Hall–Kier alpha value is -3.11.